The average Bonchev–Trinajstić information content (AvgIpc) is 3.28. The van der Waals surface area contributed by atoms with Gasteiger partial charge < -0.3 is 24.3 Å². The van der Waals surface area contributed by atoms with Crippen LogP contribution in [-0.2, 0) is 21.4 Å². The van der Waals surface area contributed by atoms with Crippen LogP contribution >= 0.6 is 0 Å². The number of rotatable bonds is 8. The van der Waals surface area contributed by atoms with E-state index in [2.05, 4.69) is 75.8 Å². The van der Waals surface area contributed by atoms with Gasteiger partial charge in [-0.2, -0.15) is 0 Å². The van der Waals surface area contributed by atoms with E-state index in [1.54, 1.807) is 12.1 Å². The number of piperazine rings is 2. The molecule has 52 heavy (non-hydrogen) atoms. The number of fused-ring (bicyclic) bond motifs is 1. The first-order valence-electron chi connectivity index (χ1n) is 19.0. The second-order valence-corrected chi connectivity index (χ2v) is 23.2. The van der Waals surface area contributed by atoms with Crippen LogP contribution in [0.1, 0.15) is 86.1 Å². The minimum Gasteiger partial charge on any atom is -0.530 e. The first-order valence-corrected chi connectivity index (χ1v) is 21.9. The van der Waals surface area contributed by atoms with Crippen LogP contribution in [-0.4, -0.2) is 116 Å². The summed E-state index contributed by atoms with van der Waals surface area (Å²) in [4.78, 5) is 41.7. The molecule has 1 N–H and O–H groups in total. The number of nitrogens with one attached hydrogen (secondary N) is 1. The maximum atomic E-state index is 14.6. The zero-order chi connectivity index (χ0) is 38.4. The van der Waals surface area contributed by atoms with Crippen LogP contribution < -0.4 is 14.6 Å². The normalized spacial score (nSPS) is 23.1. The molecule has 1 aromatic heterocycles. The number of nitrogens with zero attached hydrogens (tertiary/aromatic N) is 5. The third kappa shape index (κ3) is 9.17. The van der Waals surface area contributed by atoms with Crippen LogP contribution in [0.25, 0.3) is 0 Å². The second kappa shape index (κ2) is 15.0. The molecule has 3 aliphatic rings. The van der Waals surface area contributed by atoms with E-state index in [1.807, 2.05) is 37.5 Å². The molecule has 0 spiro atoms. The Morgan fingerprint density at radius 2 is 1.69 bits per heavy atom. The molecule has 5 rings (SSSR count). The average molecular weight is 739 g/mol. The molecule has 1 aromatic carbocycles. The smallest absolute Gasteiger partial charge is 0.410 e. The summed E-state index contributed by atoms with van der Waals surface area (Å²) in [6.45, 7) is 30.5. The molecule has 10 nitrogen and oxygen atoms in total. The SMILES string of the molecule is C[C@@H]1CNCCN1C[C@H]1CN(C(=O)OC(C)(C)C)[C@H](C)CN1CC(=O)N1CC(C)(C)c2nc(O[Si](C)(C)C(C)(C)C)c(Cc3ccc(F)cc3)cc21. The Bertz CT molecular complexity index is 1600. The minimum absolute atomic E-state index is 0.00991. The molecule has 12 heteroatoms. The first-order chi connectivity index (χ1) is 24.0. The molecule has 2 aromatic rings. The molecule has 288 valence electrons. The maximum absolute atomic E-state index is 14.6. The predicted molar refractivity (Wildman–Crippen MR) is 208 cm³/mol. The van der Waals surface area contributed by atoms with Crippen LogP contribution in [0, 0.1) is 5.82 Å². The van der Waals surface area contributed by atoms with Crippen molar-refractivity contribution in [2.24, 2.45) is 0 Å². The third-order valence-electron chi connectivity index (χ3n) is 11.3. The number of pyridine rings is 1. The first kappa shape index (κ1) is 40.1. The highest BCUT2D eigenvalue weighted by Gasteiger charge is 2.45. The number of hydrogen-bond acceptors (Lipinski definition) is 8. The summed E-state index contributed by atoms with van der Waals surface area (Å²) in [6, 6.07) is 8.81. The minimum atomic E-state index is -2.27. The molecule has 3 atom stereocenters. The van der Waals surface area contributed by atoms with Gasteiger partial charge in [-0.05, 0) is 76.5 Å². The van der Waals surface area contributed by atoms with Crippen LogP contribution in [0.4, 0.5) is 14.9 Å². The van der Waals surface area contributed by atoms with E-state index in [-0.39, 0.29) is 41.5 Å². The topological polar surface area (TPSA) is 90.5 Å². The van der Waals surface area contributed by atoms with Crippen molar-refractivity contribution < 1.29 is 23.1 Å². The Balaban J connectivity index is 1.46. The number of carbonyl (C=O) groups excluding carboxylic acids is 2. The number of anilines is 1. The Hall–Kier alpha value is -3.06. The lowest BCUT2D eigenvalue weighted by Crippen LogP contribution is -2.65. The quantitative estimate of drug-likeness (QED) is 0.311. The molecular weight excluding hydrogens is 676 g/mol. The molecule has 0 aliphatic carbocycles. The molecule has 2 amide bonds. The van der Waals surface area contributed by atoms with E-state index in [9.17, 15) is 14.0 Å². The third-order valence-corrected chi connectivity index (χ3v) is 15.6. The number of halogens is 1. The van der Waals surface area contributed by atoms with Gasteiger partial charge in [-0.25, -0.2) is 14.2 Å². The second-order valence-electron chi connectivity index (χ2n) is 18.5. The fraction of sp³-hybridized carbons (Fsp3) is 0.675. The number of hydrogen-bond donors (Lipinski definition) is 1. The predicted octanol–water partition coefficient (Wildman–Crippen LogP) is 6.42. The van der Waals surface area contributed by atoms with Crippen molar-refractivity contribution in [1.29, 1.82) is 0 Å². The fourth-order valence-electron chi connectivity index (χ4n) is 7.17. The maximum Gasteiger partial charge on any atom is 0.410 e. The number of aromatic nitrogens is 1. The highest BCUT2D eigenvalue weighted by Crippen LogP contribution is 2.44. The molecule has 0 bridgehead atoms. The van der Waals surface area contributed by atoms with Crippen molar-refractivity contribution in [1.82, 2.24) is 25.0 Å². The summed E-state index contributed by atoms with van der Waals surface area (Å²) < 4.78 is 26.6. The van der Waals surface area contributed by atoms with Crippen LogP contribution in [0.3, 0.4) is 0 Å². The van der Waals surface area contributed by atoms with Gasteiger partial charge in [-0.1, -0.05) is 46.8 Å². The lowest BCUT2D eigenvalue weighted by atomic mass is 9.91. The van der Waals surface area contributed by atoms with Gasteiger partial charge in [0.2, 0.25) is 11.8 Å². The van der Waals surface area contributed by atoms with Gasteiger partial charge in [-0.15, -0.1) is 0 Å². The van der Waals surface area contributed by atoms with E-state index >= 15 is 0 Å². The molecule has 4 heterocycles. The Labute approximate surface area is 312 Å². The number of carbonyl (C=O) groups is 2. The van der Waals surface area contributed by atoms with Crippen molar-refractivity contribution in [2.75, 3.05) is 57.3 Å². The van der Waals surface area contributed by atoms with Crippen molar-refractivity contribution in [2.45, 2.75) is 123 Å². The molecule has 3 aliphatic heterocycles. The van der Waals surface area contributed by atoms with Gasteiger partial charge in [0.1, 0.15) is 11.4 Å². The number of amides is 2. The molecule has 0 saturated carbocycles. The van der Waals surface area contributed by atoms with Crippen molar-refractivity contribution >= 4 is 26.0 Å². The Morgan fingerprint density at radius 1 is 1.02 bits per heavy atom. The van der Waals surface area contributed by atoms with E-state index < -0.39 is 19.3 Å². The van der Waals surface area contributed by atoms with Gasteiger partial charge in [0.05, 0.1) is 17.9 Å². The van der Waals surface area contributed by atoms with Gasteiger partial charge in [0.25, 0.3) is 8.32 Å². The van der Waals surface area contributed by atoms with Crippen molar-refractivity contribution in [3.8, 4) is 5.88 Å². The molecule has 2 fully saturated rings. The highest BCUT2D eigenvalue weighted by atomic mass is 28.4. The number of benzene rings is 1. The lowest BCUT2D eigenvalue weighted by molar-refractivity contribution is -0.121. The van der Waals surface area contributed by atoms with Crippen LogP contribution in [0.15, 0.2) is 30.3 Å². The van der Waals surface area contributed by atoms with Gasteiger partial charge in [0.15, 0.2) is 0 Å². The zero-order valence-corrected chi connectivity index (χ0v) is 34.7. The summed E-state index contributed by atoms with van der Waals surface area (Å²) in [5.74, 6) is 0.336. The lowest BCUT2D eigenvalue weighted by Gasteiger charge is -2.47. The van der Waals surface area contributed by atoms with Gasteiger partial charge in [-0.3, -0.25) is 14.6 Å². The standard InChI is InChI=1S/C40H63FN6O4Si/c1-27-21-42-17-18-44(27)23-32-24-46(37(49)50-38(3,4)5)28(2)22-45(32)25-34(48)47-26-40(9,10)35-33(47)20-30(19-29-13-15-31(41)16-14-29)36(43-35)51-52(11,12)39(6,7)8/h13-16,20,27-28,32,42H,17-19,21-26H2,1-12H3/t27-,28-,32+/m1/s1. The zero-order valence-electron chi connectivity index (χ0n) is 33.7. The summed E-state index contributed by atoms with van der Waals surface area (Å²) in [7, 11) is -2.27. The fourth-order valence-corrected chi connectivity index (χ4v) is 8.14. The summed E-state index contributed by atoms with van der Waals surface area (Å²) in [5, 5.41) is 3.44. The highest BCUT2D eigenvalue weighted by molar-refractivity contribution is 6.74. The van der Waals surface area contributed by atoms with E-state index in [0.29, 0.717) is 38.0 Å². The largest absolute Gasteiger partial charge is 0.530 e. The molecule has 0 radical (unpaired) electrons. The van der Waals surface area contributed by atoms with Crippen molar-refractivity contribution in [3.63, 3.8) is 0 Å². The Kier molecular flexibility index (Phi) is 11.6. The van der Waals surface area contributed by atoms with Crippen LogP contribution in [0.2, 0.25) is 18.1 Å². The van der Waals surface area contributed by atoms with Crippen LogP contribution in [0.5, 0.6) is 5.88 Å². The van der Waals surface area contributed by atoms with E-state index in [4.69, 9.17) is 14.1 Å². The molecule has 0 unspecified atom stereocenters. The molecule has 2 saturated heterocycles. The van der Waals surface area contributed by atoms with Gasteiger partial charge in [0, 0.05) is 81.3 Å². The van der Waals surface area contributed by atoms with E-state index in [1.165, 1.54) is 12.1 Å². The molecular formula is C40H63FN6O4Si. The monoisotopic (exact) mass is 738 g/mol. The van der Waals surface area contributed by atoms with E-state index in [0.717, 1.165) is 48.7 Å². The summed E-state index contributed by atoms with van der Waals surface area (Å²) in [6.07, 6.45) is 0.192. The summed E-state index contributed by atoms with van der Waals surface area (Å²) >= 11 is 0. The van der Waals surface area contributed by atoms with Crippen molar-refractivity contribution in [3.05, 3.63) is 53.0 Å². The number of ether oxygens (including phenoxy) is 1. The van der Waals surface area contributed by atoms with Gasteiger partial charge >= 0.3 is 6.09 Å². The Morgan fingerprint density at radius 3 is 2.31 bits per heavy atom. The summed E-state index contributed by atoms with van der Waals surface area (Å²) in [5.41, 5.74) is 2.50.